The number of anilines is 2. The molecule has 1 heterocycles. The number of nitrogens with one attached hydrogen (secondary N) is 1. The van der Waals surface area contributed by atoms with Gasteiger partial charge < -0.3 is 4.55 Å². The Morgan fingerprint density at radius 1 is 0.837 bits per heavy atom. The quantitative estimate of drug-likeness (QED) is 0.0930. The van der Waals surface area contributed by atoms with Gasteiger partial charge in [0, 0.05) is 17.7 Å². The third-order valence-electron chi connectivity index (χ3n) is 5.79. The summed E-state index contributed by atoms with van der Waals surface area (Å²) in [5.74, 6) is 0.308. The average Bonchev–Trinajstić information content (AvgIpc) is 3.41. The predicted octanol–water partition coefficient (Wildman–Crippen LogP) is 1.27. The number of hydrazine groups is 2. The number of hydrogen-bond donors (Lipinski definition) is 2. The van der Waals surface area contributed by atoms with Crippen molar-refractivity contribution in [3.63, 3.8) is 0 Å². The van der Waals surface area contributed by atoms with Gasteiger partial charge in [0.15, 0.2) is 5.84 Å². The molecular weight excluding hydrogens is 613 g/mol. The van der Waals surface area contributed by atoms with Gasteiger partial charge in [0.2, 0.25) is 0 Å². The molecule has 0 amide bonds. The maximum atomic E-state index is 12.5. The maximum Gasteiger partial charge on any atom is 1.00 e. The number of azo groups is 1. The first-order valence-corrected chi connectivity index (χ1v) is 14.6. The molecule has 0 spiro atoms. The number of non-ortho nitro benzene ring substituents is 1. The molecule has 0 radical (unpaired) electrons. The normalized spacial score (nSPS) is 13.4. The third-order valence-corrected chi connectivity index (χ3v) is 7.52. The van der Waals surface area contributed by atoms with E-state index < -0.39 is 35.0 Å². The van der Waals surface area contributed by atoms with Gasteiger partial charge in [-0.05, 0) is 54.6 Å². The fourth-order valence-electron chi connectivity index (χ4n) is 3.81. The van der Waals surface area contributed by atoms with E-state index in [4.69, 9.17) is 0 Å². The largest absolute Gasteiger partial charge is 1.00 e. The molecule has 5 rings (SSSR count). The number of amidine groups is 1. The minimum absolute atomic E-state index is 0. The standard InChI is InChI=1S/C25H19N7O8S2.Na/c33-32(34)21-11-9-20(10-12-21)30-28-25(17-4-2-1-3-5-17)29-31(30)23-15-8-19(16-24(23)42(38,39)40)27-26-18-6-13-22(14-7-18)41(35,36)37;/h1-16H,(H,28,29)(H,35,36,37)(H,38,39,40);/q;+1/p-1. The van der Waals surface area contributed by atoms with Crippen LogP contribution in [0.3, 0.4) is 0 Å². The number of nitro groups is 1. The Kier molecular flexibility index (Phi) is 9.26. The van der Waals surface area contributed by atoms with Crippen molar-refractivity contribution in [2.45, 2.75) is 9.79 Å². The molecule has 0 fully saturated rings. The summed E-state index contributed by atoms with van der Waals surface area (Å²) in [5, 5.41) is 26.0. The summed E-state index contributed by atoms with van der Waals surface area (Å²) >= 11 is 0. The van der Waals surface area contributed by atoms with E-state index in [0.29, 0.717) is 17.1 Å². The number of nitro benzene ring substituents is 1. The zero-order valence-corrected chi connectivity index (χ0v) is 25.7. The van der Waals surface area contributed by atoms with Crippen molar-refractivity contribution in [2.24, 2.45) is 15.3 Å². The first kappa shape index (κ1) is 31.7. The van der Waals surface area contributed by atoms with E-state index in [1.165, 1.54) is 58.8 Å². The summed E-state index contributed by atoms with van der Waals surface area (Å²) in [4.78, 5) is 9.55. The monoisotopic (exact) mass is 631 g/mol. The van der Waals surface area contributed by atoms with Crippen LogP contribution in [0, 0.1) is 10.1 Å². The number of rotatable bonds is 8. The van der Waals surface area contributed by atoms with E-state index in [1.807, 2.05) is 0 Å². The van der Waals surface area contributed by atoms with Crippen LogP contribution in [0.2, 0.25) is 0 Å². The summed E-state index contributed by atoms with van der Waals surface area (Å²) < 4.78 is 68.4. The molecule has 15 nitrogen and oxygen atoms in total. The Morgan fingerprint density at radius 3 is 2.02 bits per heavy atom. The maximum absolute atomic E-state index is 12.5. The zero-order valence-electron chi connectivity index (χ0n) is 22.0. The van der Waals surface area contributed by atoms with Crippen molar-refractivity contribution in [3.05, 3.63) is 113 Å². The molecule has 0 aromatic heterocycles. The second-order valence-electron chi connectivity index (χ2n) is 8.58. The first-order valence-electron chi connectivity index (χ1n) is 11.7. The molecule has 0 saturated carbocycles. The molecular formula is C25H18N7NaO8S2. The molecule has 1 aliphatic rings. The molecule has 0 bridgehead atoms. The second kappa shape index (κ2) is 12.6. The van der Waals surface area contributed by atoms with Crippen molar-refractivity contribution < 1.29 is 60.4 Å². The van der Waals surface area contributed by atoms with Gasteiger partial charge in [-0.2, -0.15) is 28.9 Å². The number of nitrogens with zero attached hydrogens (tertiary/aromatic N) is 6. The zero-order chi connectivity index (χ0) is 30.1. The van der Waals surface area contributed by atoms with Gasteiger partial charge in [-0.25, -0.2) is 8.42 Å². The number of hydrogen-bond acceptors (Lipinski definition) is 13. The summed E-state index contributed by atoms with van der Waals surface area (Å²) in [6.45, 7) is 0. The SMILES string of the molecule is O=[N+]([O-])c1ccc(N2N=C(c3ccccc3)NN2c2ccc(N=Nc3ccc(S(=O)(=O)[O-])cc3)cc2S(=O)(=O)O)cc1.[Na+]. The smallest absolute Gasteiger partial charge is 0.744 e. The van der Waals surface area contributed by atoms with Crippen LogP contribution in [-0.4, -0.2) is 36.7 Å². The van der Waals surface area contributed by atoms with Crippen molar-refractivity contribution in [1.29, 1.82) is 0 Å². The van der Waals surface area contributed by atoms with Crippen LogP contribution in [0.25, 0.3) is 0 Å². The molecule has 4 aromatic carbocycles. The average molecular weight is 632 g/mol. The minimum atomic E-state index is -4.86. The summed E-state index contributed by atoms with van der Waals surface area (Å²) in [5.41, 5.74) is 3.90. The van der Waals surface area contributed by atoms with Crippen LogP contribution in [0.15, 0.2) is 122 Å². The van der Waals surface area contributed by atoms with Gasteiger partial charge in [-0.1, -0.05) is 30.3 Å². The first-order chi connectivity index (χ1) is 19.9. The van der Waals surface area contributed by atoms with Crippen LogP contribution in [0.1, 0.15) is 5.56 Å². The van der Waals surface area contributed by atoms with Crippen LogP contribution in [0.4, 0.5) is 28.4 Å². The summed E-state index contributed by atoms with van der Waals surface area (Å²) in [7, 11) is -9.50. The number of hydrazone groups is 1. The summed E-state index contributed by atoms with van der Waals surface area (Å²) in [6, 6.07) is 22.6. The Hall–Kier alpha value is -4.23. The minimum Gasteiger partial charge on any atom is -0.744 e. The van der Waals surface area contributed by atoms with Crippen molar-refractivity contribution >= 4 is 54.5 Å². The molecule has 1 aliphatic heterocycles. The predicted molar refractivity (Wildman–Crippen MR) is 149 cm³/mol. The molecule has 0 aliphatic carbocycles. The van der Waals surface area contributed by atoms with Crippen LogP contribution < -0.4 is 45.2 Å². The van der Waals surface area contributed by atoms with Crippen molar-refractivity contribution in [1.82, 2.24) is 5.43 Å². The molecule has 2 N–H and O–H groups in total. The molecule has 43 heavy (non-hydrogen) atoms. The van der Waals surface area contributed by atoms with Crippen LogP contribution in [0.5, 0.6) is 0 Å². The third kappa shape index (κ3) is 7.23. The van der Waals surface area contributed by atoms with Crippen molar-refractivity contribution in [2.75, 3.05) is 10.2 Å². The Labute approximate surface area is 267 Å². The number of benzene rings is 4. The molecule has 0 atom stereocenters. The topological polar surface area (TPSA) is 210 Å². The molecule has 0 unspecified atom stereocenters. The Balaban J connectivity index is 0.00000423. The van der Waals surface area contributed by atoms with Crippen LogP contribution in [-0.2, 0) is 20.2 Å². The Morgan fingerprint density at radius 2 is 1.44 bits per heavy atom. The van der Waals surface area contributed by atoms with Gasteiger partial charge in [0.05, 0.1) is 26.9 Å². The van der Waals surface area contributed by atoms with E-state index >= 15 is 0 Å². The summed E-state index contributed by atoms with van der Waals surface area (Å²) in [6.07, 6.45) is 0. The Bertz CT molecular complexity index is 1940. The van der Waals surface area contributed by atoms with E-state index in [2.05, 4.69) is 20.8 Å². The van der Waals surface area contributed by atoms with Crippen LogP contribution >= 0.6 is 0 Å². The second-order valence-corrected chi connectivity index (χ2v) is 11.3. The van der Waals surface area contributed by atoms with Gasteiger partial charge >= 0.3 is 29.6 Å². The van der Waals surface area contributed by atoms with Crippen molar-refractivity contribution in [3.8, 4) is 0 Å². The van der Waals surface area contributed by atoms with E-state index in [0.717, 1.165) is 18.2 Å². The van der Waals surface area contributed by atoms with Gasteiger partial charge in [0.25, 0.3) is 15.8 Å². The fraction of sp³-hybridized carbons (Fsp3) is 0. The molecule has 18 heteroatoms. The molecule has 214 valence electrons. The van der Waals surface area contributed by atoms with Gasteiger partial charge in [-0.3, -0.25) is 20.1 Å². The molecule has 0 saturated heterocycles. The van der Waals surface area contributed by atoms with Gasteiger partial charge in [0.1, 0.15) is 20.7 Å². The van der Waals surface area contributed by atoms with E-state index in [1.54, 1.807) is 30.3 Å². The van der Waals surface area contributed by atoms with E-state index in [9.17, 15) is 36.1 Å². The van der Waals surface area contributed by atoms with Gasteiger partial charge in [-0.15, -0.1) is 5.10 Å². The van der Waals surface area contributed by atoms with E-state index in [-0.39, 0.29) is 52.3 Å². The molecule has 4 aromatic rings. The fourth-order valence-corrected chi connectivity index (χ4v) is 4.97.